The fraction of sp³-hybridized carbons (Fsp3) is 0.231. The fourth-order valence-electron chi connectivity index (χ4n) is 1.57. The van der Waals surface area contributed by atoms with E-state index in [1.165, 1.54) is 17.6 Å². The van der Waals surface area contributed by atoms with Crippen molar-refractivity contribution >= 4 is 17.1 Å². The number of nitrogens with zero attached hydrogens (tertiary/aromatic N) is 1. The summed E-state index contributed by atoms with van der Waals surface area (Å²) in [5.41, 5.74) is 0. The van der Waals surface area contributed by atoms with Crippen molar-refractivity contribution in [1.29, 1.82) is 5.26 Å². The predicted octanol–water partition coefficient (Wildman–Crippen LogP) is 3.53. The third-order valence-electron chi connectivity index (χ3n) is 2.45. The summed E-state index contributed by atoms with van der Waals surface area (Å²) in [5, 5.41) is 9.04. The first kappa shape index (κ1) is 11.6. The molecule has 0 aliphatic rings. The molecule has 2 aromatic heterocycles. The molecule has 0 saturated heterocycles. The molecule has 0 spiro atoms. The molecule has 17 heavy (non-hydrogen) atoms. The van der Waals surface area contributed by atoms with Crippen LogP contribution in [0.2, 0.25) is 0 Å². The number of rotatable bonds is 4. The molecular formula is C13H11NO2S. The maximum absolute atomic E-state index is 11.9. The molecule has 86 valence electrons. The zero-order valence-corrected chi connectivity index (χ0v) is 10.2. The van der Waals surface area contributed by atoms with Gasteiger partial charge >= 0.3 is 0 Å². The van der Waals surface area contributed by atoms with Gasteiger partial charge in [0.15, 0.2) is 5.78 Å². The molecule has 0 aliphatic heterocycles. The number of furan rings is 1. The number of hydrogen-bond acceptors (Lipinski definition) is 4. The maximum Gasteiger partial charge on any atom is 0.174 e. The second kappa shape index (κ2) is 4.98. The monoisotopic (exact) mass is 245 g/mol. The predicted molar refractivity (Wildman–Crippen MR) is 65.1 cm³/mol. The van der Waals surface area contributed by atoms with Gasteiger partial charge in [-0.1, -0.05) is 0 Å². The highest BCUT2D eigenvalue weighted by molar-refractivity contribution is 7.14. The second-order valence-corrected chi connectivity index (χ2v) is 5.02. The van der Waals surface area contributed by atoms with Crippen LogP contribution in [0.15, 0.2) is 34.9 Å². The van der Waals surface area contributed by atoms with Gasteiger partial charge in [0.2, 0.25) is 0 Å². The molecule has 0 bridgehead atoms. The van der Waals surface area contributed by atoms with Crippen LogP contribution in [0, 0.1) is 18.3 Å². The summed E-state index contributed by atoms with van der Waals surface area (Å²) in [6, 6.07) is 9.26. The Morgan fingerprint density at radius 2 is 2.35 bits per heavy atom. The molecule has 2 rings (SSSR count). The lowest BCUT2D eigenvalue weighted by Gasteiger charge is -2.03. The molecule has 1 unspecified atom stereocenters. The highest BCUT2D eigenvalue weighted by Gasteiger charge is 2.19. The van der Waals surface area contributed by atoms with E-state index in [4.69, 9.17) is 9.68 Å². The van der Waals surface area contributed by atoms with E-state index in [1.807, 2.05) is 13.0 Å². The lowest BCUT2D eigenvalue weighted by molar-refractivity contribution is 0.0980. The average Bonchev–Trinajstić information content (AvgIpc) is 2.96. The van der Waals surface area contributed by atoms with Gasteiger partial charge in [-0.15, -0.1) is 11.3 Å². The SMILES string of the molecule is Cc1ccc(C(=O)CC(C#N)c2ccco2)s1. The molecule has 0 radical (unpaired) electrons. The first-order chi connectivity index (χ1) is 8.20. The van der Waals surface area contributed by atoms with Gasteiger partial charge < -0.3 is 4.42 Å². The number of hydrogen-bond donors (Lipinski definition) is 0. The molecule has 1 atom stereocenters. The van der Waals surface area contributed by atoms with Crippen molar-refractivity contribution in [3.8, 4) is 6.07 Å². The number of carbonyl (C=O) groups excluding carboxylic acids is 1. The fourth-order valence-corrected chi connectivity index (χ4v) is 2.39. The van der Waals surface area contributed by atoms with Crippen LogP contribution in [0.1, 0.15) is 32.6 Å². The zero-order valence-electron chi connectivity index (χ0n) is 9.34. The van der Waals surface area contributed by atoms with Crippen LogP contribution in [0.3, 0.4) is 0 Å². The molecule has 0 aromatic carbocycles. The molecule has 0 N–H and O–H groups in total. The molecule has 0 saturated carbocycles. The van der Waals surface area contributed by atoms with Gasteiger partial charge in [-0.2, -0.15) is 5.26 Å². The number of aryl methyl sites for hydroxylation is 1. The quantitative estimate of drug-likeness (QED) is 0.774. The van der Waals surface area contributed by atoms with Gasteiger partial charge in [0.05, 0.1) is 17.2 Å². The van der Waals surface area contributed by atoms with Gasteiger partial charge in [-0.05, 0) is 31.2 Å². The maximum atomic E-state index is 11.9. The van der Waals surface area contributed by atoms with Crippen molar-refractivity contribution in [2.75, 3.05) is 0 Å². The molecule has 2 heterocycles. The van der Waals surface area contributed by atoms with E-state index in [0.717, 1.165) is 4.88 Å². The van der Waals surface area contributed by atoms with Crippen molar-refractivity contribution < 1.29 is 9.21 Å². The van der Waals surface area contributed by atoms with Crippen LogP contribution in [-0.4, -0.2) is 5.78 Å². The van der Waals surface area contributed by atoms with E-state index in [1.54, 1.807) is 18.2 Å². The highest BCUT2D eigenvalue weighted by atomic mass is 32.1. The molecular weight excluding hydrogens is 234 g/mol. The average molecular weight is 245 g/mol. The summed E-state index contributed by atoms with van der Waals surface area (Å²) in [6.07, 6.45) is 1.68. The topological polar surface area (TPSA) is 54.0 Å². The largest absolute Gasteiger partial charge is 0.468 e. The van der Waals surface area contributed by atoms with Crippen molar-refractivity contribution in [3.63, 3.8) is 0 Å². The van der Waals surface area contributed by atoms with E-state index in [0.29, 0.717) is 10.6 Å². The van der Waals surface area contributed by atoms with E-state index in [9.17, 15) is 4.79 Å². The van der Waals surface area contributed by atoms with Crippen molar-refractivity contribution in [3.05, 3.63) is 46.0 Å². The minimum atomic E-state index is -0.500. The van der Waals surface area contributed by atoms with Crippen molar-refractivity contribution in [2.24, 2.45) is 0 Å². The minimum Gasteiger partial charge on any atom is -0.468 e. The number of Topliss-reactive ketones (excluding diaryl/α,β-unsaturated/α-hetero) is 1. The summed E-state index contributed by atoms with van der Waals surface area (Å²) in [4.78, 5) is 13.7. The number of thiophene rings is 1. The number of carbonyl (C=O) groups is 1. The Hall–Kier alpha value is -1.86. The van der Waals surface area contributed by atoms with E-state index < -0.39 is 5.92 Å². The van der Waals surface area contributed by atoms with E-state index >= 15 is 0 Å². The summed E-state index contributed by atoms with van der Waals surface area (Å²) in [6.45, 7) is 1.95. The van der Waals surface area contributed by atoms with Crippen LogP contribution in [0.4, 0.5) is 0 Å². The molecule has 0 fully saturated rings. The van der Waals surface area contributed by atoms with Gasteiger partial charge in [0.1, 0.15) is 11.7 Å². The number of nitriles is 1. The number of ketones is 1. The van der Waals surface area contributed by atoms with Crippen LogP contribution in [0.5, 0.6) is 0 Å². The van der Waals surface area contributed by atoms with E-state index in [2.05, 4.69) is 6.07 Å². The van der Waals surface area contributed by atoms with Crippen LogP contribution in [0.25, 0.3) is 0 Å². The normalized spacial score (nSPS) is 12.0. The van der Waals surface area contributed by atoms with Gasteiger partial charge in [-0.3, -0.25) is 4.79 Å². The van der Waals surface area contributed by atoms with E-state index in [-0.39, 0.29) is 12.2 Å². The Bertz CT molecular complexity index is 548. The lowest BCUT2D eigenvalue weighted by atomic mass is 10.0. The third kappa shape index (κ3) is 2.63. The zero-order chi connectivity index (χ0) is 12.3. The van der Waals surface area contributed by atoms with Gasteiger partial charge in [0.25, 0.3) is 0 Å². The Labute approximate surface area is 103 Å². The lowest BCUT2D eigenvalue weighted by Crippen LogP contribution is -2.04. The summed E-state index contributed by atoms with van der Waals surface area (Å²) in [7, 11) is 0. The molecule has 3 nitrogen and oxygen atoms in total. The van der Waals surface area contributed by atoms with Gasteiger partial charge in [-0.25, -0.2) is 0 Å². The van der Waals surface area contributed by atoms with Gasteiger partial charge in [0, 0.05) is 11.3 Å². The molecule has 2 aromatic rings. The van der Waals surface area contributed by atoms with Crippen LogP contribution in [-0.2, 0) is 0 Å². The Balaban J connectivity index is 2.10. The highest BCUT2D eigenvalue weighted by Crippen LogP contribution is 2.24. The second-order valence-electron chi connectivity index (χ2n) is 3.73. The Morgan fingerprint density at radius 1 is 1.53 bits per heavy atom. The Kier molecular flexibility index (Phi) is 3.40. The molecule has 4 heteroatoms. The first-order valence-electron chi connectivity index (χ1n) is 5.23. The summed E-state index contributed by atoms with van der Waals surface area (Å²) >= 11 is 1.46. The standard InChI is InChI=1S/C13H11NO2S/c1-9-4-5-13(17-9)11(15)7-10(8-14)12-3-2-6-16-12/h2-6,10H,7H2,1H3. The van der Waals surface area contributed by atoms with Crippen LogP contribution < -0.4 is 0 Å². The van der Waals surface area contributed by atoms with Crippen LogP contribution >= 0.6 is 11.3 Å². The summed E-state index contributed by atoms with van der Waals surface area (Å²) < 4.78 is 5.16. The smallest absolute Gasteiger partial charge is 0.174 e. The molecule has 0 amide bonds. The first-order valence-corrected chi connectivity index (χ1v) is 6.05. The van der Waals surface area contributed by atoms with Crippen molar-refractivity contribution in [2.45, 2.75) is 19.3 Å². The third-order valence-corrected chi connectivity index (χ3v) is 3.49. The Morgan fingerprint density at radius 3 is 2.88 bits per heavy atom. The summed E-state index contributed by atoms with van der Waals surface area (Å²) in [5.74, 6) is 0.0417. The van der Waals surface area contributed by atoms with Crippen molar-refractivity contribution in [1.82, 2.24) is 0 Å². The molecule has 0 aliphatic carbocycles. The minimum absolute atomic E-state index is 0.00829.